The molecule has 2 aromatic heterocycles. The number of nitrogens with one attached hydrogen (secondary N) is 1. The number of rotatable bonds is 5. The molecule has 2 aromatic rings. The molecular formula is C16H22N4O. The number of hydrogen-bond donors (Lipinski definition) is 1. The van der Waals surface area contributed by atoms with Crippen LogP contribution in [0.3, 0.4) is 0 Å². The van der Waals surface area contributed by atoms with Crippen molar-refractivity contribution >= 4 is 5.91 Å². The van der Waals surface area contributed by atoms with Crippen molar-refractivity contribution < 1.29 is 4.79 Å². The van der Waals surface area contributed by atoms with Crippen LogP contribution in [0.4, 0.5) is 0 Å². The maximum absolute atomic E-state index is 11.9. The fraction of sp³-hybridized carbons (Fsp3) is 0.438. The van der Waals surface area contributed by atoms with E-state index in [-0.39, 0.29) is 5.91 Å². The monoisotopic (exact) mass is 286 g/mol. The molecule has 0 saturated heterocycles. The van der Waals surface area contributed by atoms with E-state index in [1.807, 2.05) is 37.6 Å². The molecule has 0 fully saturated rings. The van der Waals surface area contributed by atoms with Crippen LogP contribution in [0.25, 0.3) is 0 Å². The van der Waals surface area contributed by atoms with Crippen LogP contribution in [-0.2, 0) is 17.9 Å². The molecule has 2 rings (SSSR count). The van der Waals surface area contributed by atoms with E-state index < -0.39 is 0 Å². The molecule has 2 heterocycles. The lowest BCUT2D eigenvalue weighted by atomic mass is 10.2. The molecule has 0 radical (unpaired) electrons. The Morgan fingerprint density at radius 2 is 2.05 bits per heavy atom. The smallest absolute Gasteiger partial charge is 0.222 e. The Bertz CT molecular complexity index is 646. The predicted molar refractivity (Wildman–Crippen MR) is 81.9 cm³/mol. The maximum Gasteiger partial charge on any atom is 0.222 e. The topological polar surface area (TPSA) is 59.8 Å². The van der Waals surface area contributed by atoms with Gasteiger partial charge in [-0.1, -0.05) is 0 Å². The predicted octanol–water partition coefficient (Wildman–Crippen LogP) is 2.22. The van der Waals surface area contributed by atoms with E-state index in [2.05, 4.69) is 22.3 Å². The molecule has 0 aliphatic carbocycles. The lowest BCUT2D eigenvalue weighted by molar-refractivity contribution is -0.121. The molecule has 1 N–H and O–H groups in total. The maximum atomic E-state index is 11.9. The van der Waals surface area contributed by atoms with Gasteiger partial charge in [-0.05, 0) is 51.0 Å². The van der Waals surface area contributed by atoms with Gasteiger partial charge in [-0.25, -0.2) is 0 Å². The SMILES string of the molecule is Cc1cc(CNC(=O)CCn2nc(C)c(C)c2C)ccn1. The van der Waals surface area contributed by atoms with Gasteiger partial charge in [-0.3, -0.25) is 14.5 Å². The van der Waals surface area contributed by atoms with Crippen molar-refractivity contribution in [2.75, 3.05) is 0 Å². The standard InChI is InChI=1S/C16H22N4O/c1-11-9-15(5-7-17-11)10-18-16(21)6-8-20-14(4)12(2)13(3)19-20/h5,7,9H,6,8,10H2,1-4H3,(H,18,21). The van der Waals surface area contributed by atoms with E-state index in [1.165, 1.54) is 5.56 Å². The van der Waals surface area contributed by atoms with Crippen molar-refractivity contribution in [1.29, 1.82) is 0 Å². The fourth-order valence-corrected chi connectivity index (χ4v) is 2.21. The van der Waals surface area contributed by atoms with Crippen LogP contribution < -0.4 is 5.32 Å². The number of aromatic nitrogens is 3. The van der Waals surface area contributed by atoms with E-state index in [4.69, 9.17) is 0 Å². The number of pyridine rings is 1. The summed E-state index contributed by atoms with van der Waals surface area (Å²) in [6.45, 7) is 9.17. The number of carbonyl (C=O) groups excluding carboxylic acids is 1. The first-order valence-corrected chi connectivity index (χ1v) is 7.16. The quantitative estimate of drug-likeness (QED) is 0.917. The van der Waals surface area contributed by atoms with E-state index in [0.29, 0.717) is 19.5 Å². The second kappa shape index (κ2) is 6.52. The van der Waals surface area contributed by atoms with Crippen LogP contribution >= 0.6 is 0 Å². The van der Waals surface area contributed by atoms with Gasteiger partial charge in [0.2, 0.25) is 5.91 Å². The van der Waals surface area contributed by atoms with Gasteiger partial charge in [0, 0.05) is 37.1 Å². The van der Waals surface area contributed by atoms with Crippen LogP contribution in [0.15, 0.2) is 18.3 Å². The third-order valence-electron chi connectivity index (χ3n) is 3.74. The third-order valence-corrected chi connectivity index (χ3v) is 3.74. The molecule has 0 aromatic carbocycles. The molecule has 1 amide bonds. The van der Waals surface area contributed by atoms with E-state index in [0.717, 1.165) is 22.6 Å². The highest BCUT2D eigenvalue weighted by molar-refractivity contribution is 5.75. The Morgan fingerprint density at radius 3 is 2.67 bits per heavy atom. The highest BCUT2D eigenvalue weighted by atomic mass is 16.1. The van der Waals surface area contributed by atoms with Crippen LogP contribution in [-0.4, -0.2) is 20.7 Å². The minimum absolute atomic E-state index is 0.0367. The number of amides is 1. The third kappa shape index (κ3) is 3.90. The van der Waals surface area contributed by atoms with E-state index in [9.17, 15) is 4.79 Å². The molecule has 5 nitrogen and oxygen atoms in total. The van der Waals surface area contributed by atoms with Crippen LogP contribution in [0.1, 0.15) is 34.6 Å². The molecule has 21 heavy (non-hydrogen) atoms. The highest BCUT2D eigenvalue weighted by Crippen LogP contribution is 2.11. The van der Waals surface area contributed by atoms with Crippen molar-refractivity contribution in [3.05, 3.63) is 46.5 Å². The Kier molecular flexibility index (Phi) is 4.73. The first-order chi connectivity index (χ1) is 9.97. The van der Waals surface area contributed by atoms with Gasteiger partial charge in [0.1, 0.15) is 0 Å². The second-order valence-electron chi connectivity index (χ2n) is 5.35. The largest absolute Gasteiger partial charge is 0.352 e. The summed E-state index contributed by atoms with van der Waals surface area (Å²) >= 11 is 0. The molecular weight excluding hydrogens is 264 g/mol. The van der Waals surface area contributed by atoms with Gasteiger partial charge in [-0.2, -0.15) is 5.10 Å². The lowest BCUT2D eigenvalue weighted by Crippen LogP contribution is -2.24. The van der Waals surface area contributed by atoms with Crippen molar-refractivity contribution in [2.45, 2.75) is 47.2 Å². The highest BCUT2D eigenvalue weighted by Gasteiger charge is 2.09. The van der Waals surface area contributed by atoms with Crippen molar-refractivity contribution in [3.63, 3.8) is 0 Å². The lowest BCUT2D eigenvalue weighted by Gasteiger charge is -2.07. The molecule has 0 atom stereocenters. The number of hydrogen-bond acceptors (Lipinski definition) is 3. The van der Waals surface area contributed by atoms with Gasteiger partial charge < -0.3 is 5.32 Å². The van der Waals surface area contributed by atoms with Crippen molar-refractivity contribution in [2.24, 2.45) is 0 Å². The molecule has 0 unspecified atom stereocenters. The van der Waals surface area contributed by atoms with Gasteiger partial charge >= 0.3 is 0 Å². The summed E-state index contributed by atoms with van der Waals surface area (Å²) < 4.78 is 1.90. The summed E-state index contributed by atoms with van der Waals surface area (Å²) in [5, 5.41) is 7.37. The van der Waals surface area contributed by atoms with Crippen LogP contribution in [0, 0.1) is 27.7 Å². The molecule has 0 saturated carbocycles. The van der Waals surface area contributed by atoms with Crippen LogP contribution in [0.2, 0.25) is 0 Å². The molecule has 0 spiro atoms. The minimum Gasteiger partial charge on any atom is -0.352 e. The fourth-order valence-electron chi connectivity index (χ4n) is 2.21. The zero-order chi connectivity index (χ0) is 15.4. The number of nitrogens with zero attached hydrogens (tertiary/aromatic N) is 3. The summed E-state index contributed by atoms with van der Waals surface area (Å²) in [7, 11) is 0. The number of aryl methyl sites for hydroxylation is 3. The summed E-state index contributed by atoms with van der Waals surface area (Å²) in [6.07, 6.45) is 2.20. The summed E-state index contributed by atoms with van der Waals surface area (Å²) in [4.78, 5) is 16.0. The summed E-state index contributed by atoms with van der Waals surface area (Å²) in [5.74, 6) is 0.0367. The van der Waals surface area contributed by atoms with Gasteiger partial charge in [-0.15, -0.1) is 0 Å². The average Bonchev–Trinajstić information content (AvgIpc) is 2.70. The van der Waals surface area contributed by atoms with Gasteiger partial charge in [0.25, 0.3) is 0 Å². The van der Waals surface area contributed by atoms with Gasteiger partial charge in [0.15, 0.2) is 0 Å². The zero-order valence-corrected chi connectivity index (χ0v) is 13.1. The van der Waals surface area contributed by atoms with Crippen molar-refractivity contribution in [1.82, 2.24) is 20.1 Å². The molecule has 0 bridgehead atoms. The van der Waals surface area contributed by atoms with Crippen molar-refractivity contribution in [3.8, 4) is 0 Å². The molecule has 0 aliphatic rings. The number of carbonyl (C=O) groups is 1. The zero-order valence-electron chi connectivity index (χ0n) is 13.1. The Hall–Kier alpha value is -2.17. The first-order valence-electron chi connectivity index (χ1n) is 7.16. The average molecular weight is 286 g/mol. The van der Waals surface area contributed by atoms with Gasteiger partial charge in [0.05, 0.1) is 5.69 Å². The Morgan fingerprint density at radius 1 is 1.29 bits per heavy atom. The molecule has 0 aliphatic heterocycles. The Labute approximate surface area is 125 Å². The molecule has 5 heteroatoms. The van der Waals surface area contributed by atoms with E-state index >= 15 is 0 Å². The summed E-state index contributed by atoms with van der Waals surface area (Å²) in [5.41, 5.74) is 5.38. The van der Waals surface area contributed by atoms with Crippen LogP contribution in [0.5, 0.6) is 0 Å². The normalized spacial score (nSPS) is 10.7. The first kappa shape index (κ1) is 15.2. The summed E-state index contributed by atoms with van der Waals surface area (Å²) in [6, 6.07) is 3.89. The Balaban J connectivity index is 1.83. The minimum atomic E-state index is 0.0367. The second-order valence-corrected chi connectivity index (χ2v) is 5.35. The van der Waals surface area contributed by atoms with E-state index in [1.54, 1.807) is 6.20 Å². The molecule has 112 valence electrons.